The molecule has 0 aliphatic heterocycles. The van der Waals surface area contributed by atoms with Gasteiger partial charge in [-0.2, -0.15) is 0 Å². The number of hydrogen-bond donors (Lipinski definition) is 1. The first-order chi connectivity index (χ1) is 13.6. The van der Waals surface area contributed by atoms with Gasteiger partial charge in [-0.1, -0.05) is 35.9 Å². The van der Waals surface area contributed by atoms with Crippen LogP contribution < -0.4 is 14.8 Å². The molecule has 3 aromatic rings. The van der Waals surface area contributed by atoms with Gasteiger partial charge < -0.3 is 14.8 Å². The Balaban J connectivity index is 1.52. The summed E-state index contributed by atoms with van der Waals surface area (Å²) in [5.41, 5.74) is 3.39. The van der Waals surface area contributed by atoms with Crippen LogP contribution in [-0.2, 0) is 24.2 Å². The van der Waals surface area contributed by atoms with Crippen molar-refractivity contribution in [3.63, 3.8) is 0 Å². The Labute approximate surface area is 169 Å². The molecule has 0 saturated heterocycles. The summed E-state index contributed by atoms with van der Waals surface area (Å²) in [6, 6.07) is 14.0. The van der Waals surface area contributed by atoms with Crippen LogP contribution in [0.25, 0.3) is 0 Å². The third kappa shape index (κ3) is 5.33. The second kappa shape index (κ2) is 9.37. The monoisotopic (exact) mass is 396 g/mol. The van der Waals surface area contributed by atoms with Crippen molar-refractivity contribution >= 4 is 17.2 Å². The predicted octanol–water partition coefficient (Wildman–Crippen LogP) is 3.92. The van der Waals surface area contributed by atoms with E-state index in [1.165, 1.54) is 16.0 Å². The molecule has 0 spiro atoms. The number of carbonyl (C=O) groups excluding carboxylic acids is 1. The fourth-order valence-corrected chi connectivity index (χ4v) is 3.73. The van der Waals surface area contributed by atoms with Crippen LogP contribution in [0.15, 0.2) is 48.7 Å². The first-order valence-corrected chi connectivity index (χ1v) is 9.85. The quantitative estimate of drug-likeness (QED) is 0.627. The smallest absolute Gasteiger partial charge is 0.224 e. The van der Waals surface area contributed by atoms with Crippen LogP contribution in [0.5, 0.6) is 11.5 Å². The van der Waals surface area contributed by atoms with E-state index < -0.39 is 0 Å². The van der Waals surface area contributed by atoms with Gasteiger partial charge >= 0.3 is 0 Å². The zero-order valence-electron chi connectivity index (χ0n) is 16.3. The van der Waals surface area contributed by atoms with E-state index in [-0.39, 0.29) is 12.3 Å². The molecule has 1 aromatic heterocycles. The second-order valence-corrected chi connectivity index (χ2v) is 7.73. The standard InChI is InChI=1S/C22H24N2O3S/c1-15-4-6-16(7-5-15)10-18-13-24-22(28-18)14-23-21(25)12-17-8-9-19(26-2)20(11-17)27-3/h4-9,11,13H,10,12,14H2,1-3H3,(H,23,25). The van der Waals surface area contributed by atoms with E-state index in [0.29, 0.717) is 18.0 Å². The number of aromatic nitrogens is 1. The molecule has 0 radical (unpaired) electrons. The molecule has 6 heteroatoms. The topological polar surface area (TPSA) is 60.5 Å². The third-order valence-electron chi connectivity index (χ3n) is 4.35. The Morgan fingerprint density at radius 3 is 2.46 bits per heavy atom. The summed E-state index contributed by atoms with van der Waals surface area (Å²) in [6.45, 7) is 2.52. The first kappa shape index (κ1) is 19.9. The Kier molecular flexibility index (Phi) is 6.66. The average Bonchev–Trinajstić information content (AvgIpc) is 3.15. The number of amides is 1. The van der Waals surface area contributed by atoms with Crippen molar-refractivity contribution in [2.24, 2.45) is 0 Å². The molecule has 1 N–H and O–H groups in total. The van der Waals surface area contributed by atoms with Gasteiger partial charge in [-0.3, -0.25) is 4.79 Å². The maximum absolute atomic E-state index is 12.3. The minimum atomic E-state index is -0.0532. The number of benzene rings is 2. The van der Waals surface area contributed by atoms with Crippen molar-refractivity contribution in [1.82, 2.24) is 10.3 Å². The van der Waals surface area contributed by atoms with Crippen LogP contribution in [0.4, 0.5) is 0 Å². The summed E-state index contributed by atoms with van der Waals surface area (Å²) in [6.07, 6.45) is 3.03. The molecule has 0 unspecified atom stereocenters. The zero-order valence-corrected chi connectivity index (χ0v) is 17.1. The molecule has 0 atom stereocenters. The van der Waals surface area contributed by atoms with Gasteiger partial charge in [-0.15, -0.1) is 11.3 Å². The van der Waals surface area contributed by atoms with Crippen molar-refractivity contribution in [2.75, 3.05) is 14.2 Å². The summed E-state index contributed by atoms with van der Waals surface area (Å²) in [7, 11) is 3.17. The molecule has 0 fully saturated rings. The first-order valence-electron chi connectivity index (χ1n) is 9.04. The molecule has 28 heavy (non-hydrogen) atoms. The van der Waals surface area contributed by atoms with Gasteiger partial charge in [0.15, 0.2) is 11.5 Å². The summed E-state index contributed by atoms with van der Waals surface area (Å²) in [5.74, 6) is 1.21. The van der Waals surface area contributed by atoms with E-state index >= 15 is 0 Å². The number of aryl methyl sites for hydroxylation is 1. The number of rotatable bonds is 8. The van der Waals surface area contributed by atoms with E-state index in [4.69, 9.17) is 9.47 Å². The van der Waals surface area contributed by atoms with Crippen LogP contribution in [0.1, 0.15) is 26.6 Å². The molecule has 146 valence electrons. The number of carbonyl (C=O) groups is 1. The van der Waals surface area contributed by atoms with Crippen LogP contribution in [-0.4, -0.2) is 25.1 Å². The fraction of sp³-hybridized carbons (Fsp3) is 0.273. The van der Waals surface area contributed by atoms with E-state index in [9.17, 15) is 4.79 Å². The van der Waals surface area contributed by atoms with Crippen molar-refractivity contribution in [1.29, 1.82) is 0 Å². The Morgan fingerprint density at radius 2 is 1.75 bits per heavy atom. The highest BCUT2D eigenvalue weighted by molar-refractivity contribution is 7.11. The predicted molar refractivity (Wildman–Crippen MR) is 111 cm³/mol. The highest BCUT2D eigenvalue weighted by Crippen LogP contribution is 2.27. The number of nitrogens with one attached hydrogen (secondary N) is 1. The average molecular weight is 397 g/mol. The lowest BCUT2D eigenvalue weighted by Crippen LogP contribution is -2.24. The third-order valence-corrected chi connectivity index (χ3v) is 5.35. The zero-order chi connectivity index (χ0) is 19.9. The maximum atomic E-state index is 12.3. The van der Waals surface area contributed by atoms with Gasteiger partial charge in [0.05, 0.1) is 27.2 Å². The van der Waals surface area contributed by atoms with Crippen molar-refractivity contribution in [3.05, 3.63) is 75.2 Å². The molecular weight excluding hydrogens is 372 g/mol. The number of nitrogens with zero attached hydrogens (tertiary/aromatic N) is 1. The SMILES string of the molecule is COc1ccc(CC(=O)NCc2ncc(Cc3ccc(C)cc3)s2)cc1OC. The van der Waals surface area contributed by atoms with Gasteiger partial charge in [-0.25, -0.2) is 4.98 Å². The maximum Gasteiger partial charge on any atom is 0.224 e. The highest BCUT2D eigenvalue weighted by atomic mass is 32.1. The molecular formula is C22H24N2O3S. The minimum absolute atomic E-state index is 0.0532. The Morgan fingerprint density at radius 1 is 1.04 bits per heavy atom. The fourth-order valence-electron chi connectivity index (χ4n) is 2.83. The van der Waals surface area contributed by atoms with Gasteiger partial charge in [0.25, 0.3) is 0 Å². The van der Waals surface area contributed by atoms with E-state index in [1.807, 2.05) is 18.3 Å². The highest BCUT2D eigenvalue weighted by Gasteiger charge is 2.10. The Hall–Kier alpha value is -2.86. The van der Waals surface area contributed by atoms with E-state index in [2.05, 4.69) is 41.5 Å². The minimum Gasteiger partial charge on any atom is -0.493 e. The molecule has 2 aromatic carbocycles. The molecule has 1 amide bonds. The van der Waals surface area contributed by atoms with Crippen LogP contribution >= 0.6 is 11.3 Å². The number of hydrogen-bond acceptors (Lipinski definition) is 5. The number of methoxy groups -OCH3 is 2. The van der Waals surface area contributed by atoms with Crippen LogP contribution in [0, 0.1) is 6.92 Å². The molecule has 0 saturated carbocycles. The molecule has 0 aliphatic rings. The van der Waals surface area contributed by atoms with Crippen molar-refractivity contribution in [3.8, 4) is 11.5 Å². The number of thiazole rings is 1. The summed E-state index contributed by atoms with van der Waals surface area (Å²) < 4.78 is 10.5. The van der Waals surface area contributed by atoms with Gasteiger partial charge in [0.2, 0.25) is 5.91 Å². The molecule has 1 heterocycles. The lowest BCUT2D eigenvalue weighted by Gasteiger charge is -2.09. The largest absolute Gasteiger partial charge is 0.493 e. The van der Waals surface area contributed by atoms with E-state index in [1.54, 1.807) is 31.6 Å². The molecule has 0 bridgehead atoms. The van der Waals surface area contributed by atoms with Crippen molar-refractivity contribution < 1.29 is 14.3 Å². The summed E-state index contributed by atoms with van der Waals surface area (Å²) in [5, 5.41) is 3.84. The normalized spacial score (nSPS) is 10.5. The summed E-state index contributed by atoms with van der Waals surface area (Å²) in [4.78, 5) is 17.9. The van der Waals surface area contributed by atoms with Crippen LogP contribution in [0.2, 0.25) is 0 Å². The van der Waals surface area contributed by atoms with Gasteiger partial charge in [0.1, 0.15) is 5.01 Å². The molecule has 5 nitrogen and oxygen atoms in total. The van der Waals surface area contributed by atoms with E-state index in [0.717, 1.165) is 17.0 Å². The lowest BCUT2D eigenvalue weighted by atomic mass is 10.1. The van der Waals surface area contributed by atoms with Gasteiger partial charge in [0, 0.05) is 17.5 Å². The van der Waals surface area contributed by atoms with Crippen molar-refractivity contribution in [2.45, 2.75) is 26.3 Å². The summed E-state index contributed by atoms with van der Waals surface area (Å²) >= 11 is 1.63. The second-order valence-electron chi connectivity index (χ2n) is 6.53. The van der Waals surface area contributed by atoms with Crippen LogP contribution in [0.3, 0.4) is 0 Å². The molecule has 3 rings (SSSR count). The number of ether oxygens (including phenoxy) is 2. The molecule has 0 aliphatic carbocycles. The lowest BCUT2D eigenvalue weighted by molar-refractivity contribution is -0.120. The van der Waals surface area contributed by atoms with Gasteiger partial charge in [-0.05, 0) is 30.2 Å². The Bertz CT molecular complexity index is 935.